The van der Waals surface area contributed by atoms with Crippen molar-refractivity contribution in [1.29, 1.82) is 21.0 Å². The van der Waals surface area contributed by atoms with Crippen LogP contribution in [0.3, 0.4) is 0 Å². The van der Waals surface area contributed by atoms with Crippen LogP contribution in [0, 0.1) is 56.2 Å². The molecule has 7 nitrogen and oxygen atoms in total. The topological polar surface area (TPSA) is 164 Å². The molecule has 1 aromatic rings. The van der Waals surface area contributed by atoms with Gasteiger partial charge in [-0.25, -0.2) is 0 Å². The van der Waals surface area contributed by atoms with Crippen molar-refractivity contribution in [3.63, 3.8) is 0 Å². The maximum absolute atomic E-state index is 12.0. The zero-order chi connectivity index (χ0) is 18.1. The molecule has 0 aliphatic heterocycles. The summed E-state index contributed by atoms with van der Waals surface area (Å²) in [6.07, 6.45) is 0. The summed E-state index contributed by atoms with van der Waals surface area (Å²) in [4.78, 5) is 12.0. The smallest absolute Gasteiger partial charge is 0.240 e. The van der Waals surface area contributed by atoms with Crippen molar-refractivity contribution in [2.45, 2.75) is 5.92 Å². The van der Waals surface area contributed by atoms with E-state index < -0.39 is 33.9 Å². The summed E-state index contributed by atoms with van der Waals surface area (Å²) in [5.41, 5.74) is 6.62. The average molecular weight is 337 g/mol. The van der Waals surface area contributed by atoms with Crippen LogP contribution >= 0.6 is 11.6 Å². The molecule has 1 aliphatic rings. The summed E-state index contributed by atoms with van der Waals surface area (Å²) in [7, 11) is 0. The second-order valence-corrected chi connectivity index (χ2v) is 5.58. The van der Waals surface area contributed by atoms with Crippen molar-refractivity contribution in [3.8, 4) is 24.3 Å². The van der Waals surface area contributed by atoms with E-state index in [9.17, 15) is 15.3 Å². The van der Waals surface area contributed by atoms with Gasteiger partial charge in [-0.05, 0) is 11.6 Å². The largest absolute Gasteiger partial charge is 0.399 e. The van der Waals surface area contributed by atoms with E-state index in [0.29, 0.717) is 5.56 Å². The molecule has 0 bridgehead atoms. The Morgan fingerprint density at radius 1 is 1.04 bits per heavy atom. The monoisotopic (exact) mass is 336 g/mol. The lowest BCUT2D eigenvalue weighted by Crippen LogP contribution is -2.32. The molecule has 1 fully saturated rings. The van der Waals surface area contributed by atoms with Crippen LogP contribution in [0.1, 0.15) is 11.5 Å². The third kappa shape index (κ3) is 1.77. The van der Waals surface area contributed by atoms with Crippen molar-refractivity contribution >= 4 is 17.5 Å². The minimum Gasteiger partial charge on any atom is -0.399 e. The first-order valence-corrected chi connectivity index (χ1v) is 6.94. The lowest BCUT2D eigenvalue weighted by Gasteiger charge is -2.11. The number of hydrogen-bond acceptors (Lipinski definition) is 6. The fourth-order valence-electron chi connectivity index (χ4n) is 3.12. The van der Waals surface area contributed by atoms with Crippen LogP contribution in [0.25, 0.3) is 0 Å². The Labute approximate surface area is 142 Å². The summed E-state index contributed by atoms with van der Waals surface area (Å²) < 4.78 is 0. The molecule has 24 heavy (non-hydrogen) atoms. The summed E-state index contributed by atoms with van der Waals surface area (Å²) in [5, 5.41) is 37.6. The first-order chi connectivity index (χ1) is 11.4. The number of benzene rings is 1. The first-order valence-electron chi connectivity index (χ1n) is 6.56. The molecule has 116 valence electrons. The van der Waals surface area contributed by atoms with E-state index in [1.165, 1.54) is 12.1 Å². The Morgan fingerprint density at radius 3 is 2.00 bits per heavy atom. The summed E-state index contributed by atoms with van der Waals surface area (Å²) in [5.74, 6) is -2.16. The quantitative estimate of drug-likeness (QED) is 0.787. The molecular weight excluding hydrogens is 328 g/mol. The predicted octanol–water partition coefficient (Wildman–Crippen LogP) is 1.20. The second kappa shape index (κ2) is 5.60. The molecular formula is C16H9ClN6O. The molecule has 0 aromatic heterocycles. The Bertz CT molecular complexity index is 925. The maximum Gasteiger partial charge on any atom is 0.240 e. The molecule has 1 saturated carbocycles. The van der Waals surface area contributed by atoms with Gasteiger partial charge in [-0.2, -0.15) is 21.0 Å². The first kappa shape index (κ1) is 16.8. The maximum atomic E-state index is 12.0. The van der Waals surface area contributed by atoms with Crippen LogP contribution < -0.4 is 11.5 Å². The van der Waals surface area contributed by atoms with Gasteiger partial charge in [-0.15, -0.1) is 0 Å². The van der Waals surface area contributed by atoms with Crippen molar-refractivity contribution in [3.05, 3.63) is 46.1 Å². The number of primary amides is 1. The lowest BCUT2D eigenvalue weighted by atomic mass is 9.89. The molecule has 0 unspecified atom stereocenters. The zero-order valence-electron chi connectivity index (χ0n) is 12.1. The highest BCUT2D eigenvalue weighted by Gasteiger charge is 2.84. The number of carbonyl (C=O) groups is 1. The fraction of sp³-hybridized carbons (Fsp3) is 0.188. The van der Waals surface area contributed by atoms with Gasteiger partial charge in [0.05, 0.1) is 17.8 Å². The Kier molecular flexibility index (Phi) is 3.93. The van der Waals surface area contributed by atoms with Crippen LogP contribution in [0.15, 0.2) is 35.5 Å². The average Bonchev–Trinajstić information content (AvgIpc) is 3.20. The normalized spacial score (nSPS) is 26.8. The minimum atomic E-state index is -2.02. The van der Waals surface area contributed by atoms with Crippen LogP contribution in [-0.4, -0.2) is 5.91 Å². The molecule has 0 saturated heterocycles. The third-order valence-electron chi connectivity index (χ3n) is 4.28. The molecule has 3 atom stereocenters. The summed E-state index contributed by atoms with van der Waals surface area (Å²) in [6, 6.07) is 13.0. The molecule has 8 heteroatoms. The number of hydrogen-bond donors (Lipinski definition) is 2. The highest BCUT2D eigenvalue weighted by molar-refractivity contribution is 6.31. The molecule has 2 rings (SSSR count). The number of allylic oxidation sites excluding steroid dienone is 2. The van der Waals surface area contributed by atoms with Crippen LogP contribution in [0.5, 0.6) is 0 Å². The molecule has 0 heterocycles. The lowest BCUT2D eigenvalue weighted by molar-refractivity contribution is -0.122. The number of halogens is 1. The highest BCUT2D eigenvalue weighted by Crippen LogP contribution is 2.76. The van der Waals surface area contributed by atoms with Gasteiger partial charge in [0.1, 0.15) is 23.1 Å². The van der Waals surface area contributed by atoms with E-state index in [1.54, 1.807) is 30.3 Å². The van der Waals surface area contributed by atoms with Crippen LogP contribution in [-0.2, 0) is 4.79 Å². The van der Waals surface area contributed by atoms with E-state index in [4.69, 9.17) is 33.6 Å². The molecule has 1 aliphatic carbocycles. The molecule has 1 aromatic carbocycles. The molecule has 0 spiro atoms. The fourth-order valence-corrected chi connectivity index (χ4v) is 3.36. The molecule has 1 amide bonds. The van der Waals surface area contributed by atoms with Gasteiger partial charge < -0.3 is 11.5 Å². The van der Waals surface area contributed by atoms with Gasteiger partial charge >= 0.3 is 0 Å². The van der Waals surface area contributed by atoms with Crippen molar-refractivity contribution in [1.82, 2.24) is 0 Å². The van der Waals surface area contributed by atoms with Crippen LogP contribution in [0.2, 0.25) is 5.02 Å². The van der Waals surface area contributed by atoms with Crippen molar-refractivity contribution in [2.24, 2.45) is 22.3 Å². The Morgan fingerprint density at radius 2 is 1.58 bits per heavy atom. The van der Waals surface area contributed by atoms with Gasteiger partial charge in [0.2, 0.25) is 5.91 Å². The van der Waals surface area contributed by atoms with E-state index >= 15 is 0 Å². The van der Waals surface area contributed by atoms with E-state index in [1.807, 2.05) is 6.07 Å². The van der Waals surface area contributed by atoms with Gasteiger partial charge in [-0.3, -0.25) is 4.79 Å². The summed E-state index contributed by atoms with van der Waals surface area (Å²) in [6.45, 7) is 0. The van der Waals surface area contributed by atoms with Gasteiger partial charge in [-0.1, -0.05) is 29.8 Å². The van der Waals surface area contributed by atoms with E-state index in [2.05, 4.69) is 0 Å². The van der Waals surface area contributed by atoms with E-state index in [0.717, 1.165) is 0 Å². The number of carbonyl (C=O) groups excluding carboxylic acids is 1. The van der Waals surface area contributed by atoms with Crippen molar-refractivity contribution < 1.29 is 4.79 Å². The van der Waals surface area contributed by atoms with E-state index in [-0.39, 0.29) is 5.02 Å². The minimum absolute atomic E-state index is 0.212. The second-order valence-electron chi connectivity index (χ2n) is 5.17. The zero-order valence-corrected chi connectivity index (χ0v) is 12.9. The number of nitrogens with two attached hydrogens (primary N) is 2. The number of nitriles is 4. The molecule has 4 N–H and O–H groups in total. The number of rotatable bonds is 3. The Hall–Kier alpha value is -3.52. The van der Waals surface area contributed by atoms with Crippen molar-refractivity contribution in [2.75, 3.05) is 0 Å². The standard InChI is InChI=1S/C16H9ClN6O/c17-11-4-2-1-3-10(11)12-15(7-20,13(22)9(5-18)6-19)16(12,8-21)14(23)24/h1-4,12H,22H2,(H2,23,24)/t12-,15+,16+/m0/s1. The Balaban J connectivity index is 2.88. The van der Waals surface area contributed by atoms with Gasteiger partial charge in [0, 0.05) is 10.9 Å². The highest BCUT2D eigenvalue weighted by atomic mass is 35.5. The third-order valence-corrected chi connectivity index (χ3v) is 4.62. The summed E-state index contributed by atoms with van der Waals surface area (Å²) >= 11 is 6.13. The van der Waals surface area contributed by atoms with Gasteiger partial charge in [0.15, 0.2) is 5.41 Å². The predicted molar refractivity (Wildman–Crippen MR) is 81.9 cm³/mol. The number of nitrogens with zero attached hydrogens (tertiary/aromatic N) is 4. The molecule has 0 radical (unpaired) electrons. The van der Waals surface area contributed by atoms with Gasteiger partial charge in [0.25, 0.3) is 0 Å². The SMILES string of the molecule is N#CC(C#N)=C(N)[C@@]1(C#N)[C@H](c2ccccc2Cl)[C@]1(C#N)C(N)=O. The van der Waals surface area contributed by atoms with Crippen LogP contribution in [0.4, 0.5) is 0 Å². The number of amides is 1.